The Balaban J connectivity index is 1.62. The fourth-order valence-corrected chi connectivity index (χ4v) is 4.47. The Labute approximate surface area is 187 Å². The summed E-state index contributed by atoms with van der Waals surface area (Å²) in [4.78, 5) is 24.7. The first kappa shape index (κ1) is 22.2. The van der Waals surface area contributed by atoms with Gasteiger partial charge in [-0.25, -0.2) is 0 Å². The smallest absolute Gasteiger partial charge is 0.269 e. The summed E-state index contributed by atoms with van der Waals surface area (Å²) in [5, 5.41) is 21.4. The van der Waals surface area contributed by atoms with Crippen LogP contribution < -0.4 is 4.84 Å². The molecule has 32 heavy (non-hydrogen) atoms. The van der Waals surface area contributed by atoms with E-state index in [-0.39, 0.29) is 23.4 Å². The van der Waals surface area contributed by atoms with Crippen molar-refractivity contribution in [1.29, 1.82) is 0 Å². The van der Waals surface area contributed by atoms with E-state index in [0.717, 1.165) is 35.9 Å². The molecule has 0 saturated carbocycles. The zero-order valence-electron chi connectivity index (χ0n) is 18.9. The van der Waals surface area contributed by atoms with Crippen LogP contribution in [0.15, 0.2) is 48.5 Å². The minimum atomic E-state index is -0.490. The van der Waals surface area contributed by atoms with E-state index < -0.39 is 11.0 Å². The summed E-state index contributed by atoms with van der Waals surface area (Å²) in [5.74, 6) is 0. The van der Waals surface area contributed by atoms with Crippen molar-refractivity contribution >= 4 is 16.7 Å². The molecule has 0 radical (unpaired) electrons. The average Bonchev–Trinajstić information content (AvgIpc) is 3.15. The highest BCUT2D eigenvalue weighted by atomic mass is 16.7. The molecule has 0 amide bonds. The molecule has 1 fully saturated rings. The van der Waals surface area contributed by atoms with E-state index >= 15 is 0 Å². The summed E-state index contributed by atoms with van der Waals surface area (Å²) in [6.45, 7) is 8.85. The summed E-state index contributed by atoms with van der Waals surface area (Å²) in [6, 6.07) is 14.0. The van der Waals surface area contributed by atoms with Gasteiger partial charge in [-0.1, -0.05) is 17.0 Å². The Morgan fingerprint density at radius 3 is 2.38 bits per heavy atom. The van der Waals surface area contributed by atoms with Gasteiger partial charge in [0.15, 0.2) is 0 Å². The second-order valence-corrected chi connectivity index (χ2v) is 9.46. The number of hydroxylamine groups is 2. The van der Waals surface area contributed by atoms with Crippen molar-refractivity contribution < 1.29 is 14.6 Å². The van der Waals surface area contributed by atoms with Crippen LogP contribution >= 0.6 is 0 Å². The quantitative estimate of drug-likeness (QED) is 0.395. The van der Waals surface area contributed by atoms with E-state index in [0.29, 0.717) is 0 Å². The van der Waals surface area contributed by atoms with Crippen molar-refractivity contribution in [2.75, 3.05) is 6.61 Å². The number of rotatable bonds is 7. The molecule has 2 heterocycles. The Morgan fingerprint density at radius 2 is 1.72 bits per heavy atom. The van der Waals surface area contributed by atoms with Gasteiger partial charge in [0.1, 0.15) is 23.7 Å². The lowest BCUT2D eigenvalue weighted by Crippen LogP contribution is -2.58. The molecule has 0 unspecified atom stereocenters. The van der Waals surface area contributed by atoms with Gasteiger partial charge in [-0.3, -0.25) is 15.0 Å². The largest absolute Gasteiger partial charge is 0.392 e. The Kier molecular flexibility index (Phi) is 5.87. The third-order valence-electron chi connectivity index (χ3n) is 6.05. The molecular formula is C23H29N5O4. The van der Waals surface area contributed by atoms with E-state index in [4.69, 9.17) is 9.68 Å². The minimum absolute atomic E-state index is 0.0364. The summed E-state index contributed by atoms with van der Waals surface area (Å²) in [5.41, 5.74) is 1.99. The van der Waals surface area contributed by atoms with Crippen LogP contribution in [0.25, 0.3) is 11.0 Å². The average molecular weight is 440 g/mol. The normalized spacial score (nSPS) is 19.0. The standard InChI is InChI=1S/C23H29N5O4/c1-22(2)14-7-15-23(3,4)28(22)32-21(17-10-12-18(13-11-17)27(29)30)16-31-26-20-9-6-5-8-19(20)24-25-26/h5-6,8-13,21H,7,14-16H2,1-4H3/t21-/m0/s1. The van der Waals surface area contributed by atoms with Crippen LogP contribution in [-0.2, 0) is 4.84 Å². The second kappa shape index (κ2) is 8.48. The lowest BCUT2D eigenvalue weighted by atomic mass is 9.82. The molecule has 0 spiro atoms. The number of para-hydroxylation sites is 1. The van der Waals surface area contributed by atoms with E-state index in [1.165, 1.54) is 17.0 Å². The van der Waals surface area contributed by atoms with Gasteiger partial charge in [-0.15, -0.1) is 5.10 Å². The van der Waals surface area contributed by atoms with Crippen molar-refractivity contribution in [3.63, 3.8) is 0 Å². The van der Waals surface area contributed by atoms with Gasteiger partial charge in [0.2, 0.25) is 0 Å². The van der Waals surface area contributed by atoms with Crippen molar-refractivity contribution in [3.8, 4) is 0 Å². The molecule has 9 heteroatoms. The highest BCUT2D eigenvalue weighted by molar-refractivity contribution is 5.73. The molecule has 4 rings (SSSR count). The van der Waals surface area contributed by atoms with E-state index in [1.54, 1.807) is 12.1 Å². The highest BCUT2D eigenvalue weighted by Gasteiger charge is 2.44. The van der Waals surface area contributed by atoms with Crippen molar-refractivity contribution in [1.82, 2.24) is 20.2 Å². The van der Waals surface area contributed by atoms with Gasteiger partial charge in [0.05, 0.1) is 4.92 Å². The first-order chi connectivity index (χ1) is 15.2. The lowest BCUT2D eigenvalue weighted by Gasteiger charge is -2.52. The van der Waals surface area contributed by atoms with E-state index in [1.807, 2.05) is 24.3 Å². The molecular weight excluding hydrogens is 410 g/mol. The topological polar surface area (TPSA) is 95.6 Å². The van der Waals surface area contributed by atoms with Crippen molar-refractivity contribution in [3.05, 3.63) is 64.2 Å². The second-order valence-electron chi connectivity index (χ2n) is 9.46. The van der Waals surface area contributed by atoms with Crippen molar-refractivity contribution in [2.45, 2.75) is 64.1 Å². The monoisotopic (exact) mass is 439 g/mol. The van der Waals surface area contributed by atoms with E-state index in [2.05, 4.69) is 43.1 Å². The molecule has 0 N–H and O–H groups in total. The first-order valence-electron chi connectivity index (χ1n) is 10.8. The number of nitrogens with zero attached hydrogens (tertiary/aromatic N) is 5. The maximum atomic E-state index is 11.1. The molecule has 170 valence electrons. The number of nitro benzene ring substituents is 1. The molecule has 0 aliphatic carbocycles. The van der Waals surface area contributed by atoms with E-state index in [9.17, 15) is 10.1 Å². The van der Waals surface area contributed by atoms with Gasteiger partial charge >= 0.3 is 0 Å². The number of aromatic nitrogens is 3. The zero-order chi connectivity index (χ0) is 22.9. The van der Waals surface area contributed by atoms with Gasteiger partial charge in [-0.05, 0) is 82.0 Å². The number of fused-ring (bicyclic) bond motifs is 1. The first-order valence-corrected chi connectivity index (χ1v) is 10.8. The lowest BCUT2D eigenvalue weighted by molar-refractivity contribution is -0.384. The molecule has 9 nitrogen and oxygen atoms in total. The number of nitro groups is 1. The predicted octanol–water partition coefficient (Wildman–Crippen LogP) is 4.48. The van der Waals surface area contributed by atoms with Crippen LogP contribution in [0.5, 0.6) is 0 Å². The summed E-state index contributed by atoms with van der Waals surface area (Å²) < 4.78 is 0. The van der Waals surface area contributed by atoms with Crippen molar-refractivity contribution in [2.24, 2.45) is 0 Å². The molecule has 3 aromatic rings. The third kappa shape index (κ3) is 4.44. The van der Waals surface area contributed by atoms with Crippen LogP contribution in [0.4, 0.5) is 5.69 Å². The summed E-state index contributed by atoms with van der Waals surface area (Å²) in [7, 11) is 0. The Bertz CT molecular complexity index is 1080. The predicted molar refractivity (Wildman–Crippen MR) is 120 cm³/mol. The van der Waals surface area contributed by atoms with Gasteiger partial charge < -0.3 is 4.84 Å². The summed E-state index contributed by atoms with van der Waals surface area (Å²) in [6.07, 6.45) is 2.66. The number of piperidine rings is 1. The molecule has 1 aliphatic heterocycles. The molecule has 1 aromatic heterocycles. The van der Waals surface area contributed by atoms with Gasteiger partial charge in [0, 0.05) is 23.2 Å². The number of non-ortho nitro benzene ring substituents is 1. The number of hydrogen-bond donors (Lipinski definition) is 0. The fraction of sp³-hybridized carbons (Fsp3) is 0.478. The van der Waals surface area contributed by atoms with Crippen LogP contribution in [0.3, 0.4) is 0 Å². The fourth-order valence-electron chi connectivity index (χ4n) is 4.47. The molecule has 1 saturated heterocycles. The van der Waals surface area contributed by atoms with Gasteiger partial charge in [-0.2, -0.15) is 5.06 Å². The maximum Gasteiger partial charge on any atom is 0.269 e. The van der Waals surface area contributed by atoms with Crippen LogP contribution in [-0.4, -0.2) is 42.8 Å². The Morgan fingerprint density at radius 1 is 1.06 bits per heavy atom. The van der Waals surface area contributed by atoms with Crippen LogP contribution in [0, 0.1) is 10.1 Å². The maximum absolute atomic E-state index is 11.1. The Hall–Kier alpha value is -3.04. The molecule has 1 atom stereocenters. The minimum Gasteiger partial charge on any atom is -0.392 e. The highest BCUT2D eigenvalue weighted by Crippen LogP contribution is 2.40. The zero-order valence-corrected chi connectivity index (χ0v) is 18.9. The summed E-state index contributed by atoms with van der Waals surface area (Å²) >= 11 is 0. The molecule has 1 aliphatic rings. The molecule has 0 bridgehead atoms. The third-order valence-corrected chi connectivity index (χ3v) is 6.05. The SMILES string of the molecule is CC1(C)CCCC(C)(C)N1O[C@@H](COn1nnc2ccccc21)c1ccc([N+](=O)[O-])cc1. The van der Waals surface area contributed by atoms with Crippen LogP contribution in [0.2, 0.25) is 0 Å². The van der Waals surface area contributed by atoms with Crippen LogP contribution in [0.1, 0.15) is 58.6 Å². The molecule has 2 aromatic carbocycles. The van der Waals surface area contributed by atoms with Gasteiger partial charge in [0.25, 0.3) is 5.69 Å². The number of hydrogen-bond acceptors (Lipinski definition) is 7. The number of benzene rings is 2.